The fraction of sp³-hybridized carbons (Fsp3) is 0.500. The number of nitriles is 1. The summed E-state index contributed by atoms with van der Waals surface area (Å²) in [6.45, 7) is 6.17. The average Bonchev–Trinajstić information content (AvgIpc) is 2.28. The number of ether oxygens (including phenoxy) is 1. The molecule has 0 saturated carbocycles. The van der Waals surface area contributed by atoms with Crippen molar-refractivity contribution in [3.63, 3.8) is 0 Å². The fourth-order valence-electron chi connectivity index (χ4n) is 1.36. The first-order valence-corrected chi connectivity index (χ1v) is 5.46. The summed E-state index contributed by atoms with van der Waals surface area (Å²) in [7, 11) is 0. The number of nitrogens with zero attached hydrogens (tertiary/aromatic N) is 2. The van der Waals surface area contributed by atoms with E-state index in [1.54, 1.807) is 12.1 Å². The predicted octanol–water partition coefficient (Wildman–Crippen LogP) is 2.10. The van der Waals surface area contributed by atoms with E-state index in [-0.39, 0.29) is 0 Å². The molecule has 0 bridgehead atoms. The van der Waals surface area contributed by atoms with Gasteiger partial charge in [0.25, 0.3) is 0 Å². The third kappa shape index (κ3) is 4.28. The van der Waals surface area contributed by atoms with Crippen molar-refractivity contribution >= 4 is 5.82 Å². The Morgan fingerprint density at radius 1 is 1.50 bits per heavy atom. The summed E-state index contributed by atoms with van der Waals surface area (Å²) >= 11 is 0. The van der Waals surface area contributed by atoms with E-state index in [0.717, 1.165) is 37.7 Å². The maximum atomic E-state index is 8.80. The van der Waals surface area contributed by atoms with Crippen LogP contribution in [0, 0.1) is 18.3 Å². The number of anilines is 1. The lowest BCUT2D eigenvalue weighted by atomic mass is 10.2. The SMILES string of the molecule is CCOCCCNc1cc(C#N)cc(C)n1. The summed E-state index contributed by atoms with van der Waals surface area (Å²) < 4.78 is 5.23. The van der Waals surface area contributed by atoms with E-state index in [1.807, 2.05) is 13.8 Å². The van der Waals surface area contributed by atoms with Gasteiger partial charge in [-0.25, -0.2) is 4.98 Å². The zero-order valence-electron chi connectivity index (χ0n) is 9.79. The molecule has 4 nitrogen and oxygen atoms in total. The van der Waals surface area contributed by atoms with Crippen molar-refractivity contribution in [1.82, 2.24) is 4.98 Å². The molecule has 86 valence electrons. The van der Waals surface area contributed by atoms with Gasteiger partial charge in [0.2, 0.25) is 0 Å². The van der Waals surface area contributed by atoms with Crippen LogP contribution in [0.3, 0.4) is 0 Å². The molecule has 0 saturated heterocycles. The van der Waals surface area contributed by atoms with Crippen LogP contribution in [0.5, 0.6) is 0 Å². The van der Waals surface area contributed by atoms with Gasteiger partial charge in [-0.05, 0) is 32.4 Å². The average molecular weight is 219 g/mol. The second kappa shape index (κ2) is 6.81. The summed E-state index contributed by atoms with van der Waals surface area (Å²) in [5.41, 5.74) is 1.49. The minimum absolute atomic E-state index is 0.639. The molecule has 0 fully saturated rings. The minimum Gasteiger partial charge on any atom is -0.382 e. The van der Waals surface area contributed by atoms with Crippen LogP contribution in [-0.4, -0.2) is 24.7 Å². The minimum atomic E-state index is 0.639. The Morgan fingerprint density at radius 3 is 3.00 bits per heavy atom. The van der Waals surface area contributed by atoms with Crippen molar-refractivity contribution in [2.24, 2.45) is 0 Å². The summed E-state index contributed by atoms with van der Waals surface area (Å²) in [6.07, 6.45) is 0.936. The van der Waals surface area contributed by atoms with Crippen molar-refractivity contribution in [2.45, 2.75) is 20.3 Å². The molecule has 16 heavy (non-hydrogen) atoms. The highest BCUT2D eigenvalue weighted by atomic mass is 16.5. The van der Waals surface area contributed by atoms with E-state index in [9.17, 15) is 0 Å². The van der Waals surface area contributed by atoms with Gasteiger partial charge in [-0.15, -0.1) is 0 Å². The molecule has 0 spiro atoms. The number of rotatable bonds is 6. The molecular weight excluding hydrogens is 202 g/mol. The van der Waals surface area contributed by atoms with Crippen molar-refractivity contribution in [1.29, 1.82) is 5.26 Å². The fourth-order valence-corrected chi connectivity index (χ4v) is 1.36. The Hall–Kier alpha value is -1.60. The molecule has 1 aromatic rings. The highest BCUT2D eigenvalue weighted by Crippen LogP contribution is 2.08. The lowest BCUT2D eigenvalue weighted by molar-refractivity contribution is 0.147. The van der Waals surface area contributed by atoms with Gasteiger partial charge in [0.15, 0.2) is 0 Å². The molecule has 0 aliphatic carbocycles. The van der Waals surface area contributed by atoms with Crippen molar-refractivity contribution in [3.8, 4) is 6.07 Å². The highest BCUT2D eigenvalue weighted by molar-refractivity contribution is 5.44. The van der Waals surface area contributed by atoms with Crippen LogP contribution in [0.4, 0.5) is 5.82 Å². The van der Waals surface area contributed by atoms with Gasteiger partial charge in [0.05, 0.1) is 11.6 Å². The van der Waals surface area contributed by atoms with Gasteiger partial charge < -0.3 is 10.1 Å². The molecule has 0 atom stereocenters. The molecule has 0 aromatic carbocycles. The van der Waals surface area contributed by atoms with E-state index in [0.29, 0.717) is 5.56 Å². The van der Waals surface area contributed by atoms with E-state index in [1.165, 1.54) is 0 Å². The van der Waals surface area contributed by atoms with Crippen LogP contribution in [0.2, 0.25) is 0 Å². The quantitative estimate of drug-likeness (QED) is 0.744. The van der Waals surface area contributed by atoms with Crippen LogP contribution < -0.4 is 5.32 Å². The van der Waals surface area contributed by atoms with Crippen LogP contribution >= 0.6 is 0 Å². The molecule has 0 aliphatic heterocycles. The summed E-state index contributed by atoms with van der Waals surface area (Å²) in [6, 6.07) is 5.64. The second-order valence-corrected chi connectivity index (χ2v) is 3.47. The zero-order chi connectivity index (χ0) is 11.8. The molecule has 1 heterocycles. The monoisotopic (exact) mass is 219 g/mol. The normalized spacial score (nSPS) is 9.81. The molecule has 1 rings (SSSR count). The summed E-state index contributed by atoms with van der Waals surface area (Å²) in [5, 5.41) is 12.0. The molecule has 0 aliphatic rings. The standard InChI is InChI=1S/C12H17N3O/c1-3-16-6-4-5-14-12-8-11(9-13)7-10(2)15-12/h7-8H,3-6H2,1-2H3,(H,14,15). The number of nitrogens with one attached hydrogen (secondary N) is 1. The van der Waals surface area contributed by atoms with Gasteiger partial charge in [0, 0.05) is 25.5 Å². The van der Waals surface area contributed by atoms with Crippen LogP contribution in [0.15, 0.2) is 12.1 Å². The highest BCUT2D eigenvalue weighted by Gasteiger charge is 1.98. The Labute approximate surface area is 96.3 Å². The topological polar surface area (TPSA) is 57.9 Å². The third-order valence-electron chi connectivity index (χ3n) is 2.06. The number of hydrogen-bond acceptors (Lipinski definition) is 4. The molecule has 1 N–H and O–H groups in total. The lowest BCUT2D eigenvalue weighted by Gasteiger charge is -2.06. The molecule has 0 unspecified atom stereocenters. The first kappa shape index (κ1) is 12.5. The molecule has 1 aromatic heterocycles. The van der Waals surface area contributed by atoms with Crippen molar-refractivity contribution in [3.05, 3.63) is 23.4 Å². The Morgan fingerprint density at radius 2 is 2.31 bits per heavy atom. The van der Waals surface area contributed by atoms with Crippen LogP contribution in [0.25, 0.3) is 0 Å². The largest absolute Gasteiger partial charge is 0.382 e. The zero-order valence-corrected chi connectivity index (χ0v) is 9.79. The molecule has 0 amide bonds. The van der Waals surface area contributed by atoms with Crippen molar-refractivity contribution in [2.75, 3.05) is 25.1 Å². The molecule has 4 heteroatoms. The van der Waals surface area contributed by atoms with E-state index in [2.05, 4.69) is 16.4 Å². The number of hydrogen-bond donors (Lipinski definition) is 1. The van der Waals surface area contributed by atoms with Gasteiger partial charge in [-0.1, -0.05) is 0 Å². The van der Waals surface area contributed by atoms with Crippen molar-refractivity contribution < 1.29 is 4.74 Å². The maximum absolute atomic E-state index is 8.80. The lowest BCUT2D eigenvalue weighted by Crippen LogP contribution is -2.07. The Bertz CT molecular complexity index is 371. The smallest absolute Gasteiger partial charge is 0.127 e. The second-order valence-electron chi connectivity index (χ2n) is 3.47. The van der Waals surface area contributed by atoms with Gasteiger partial charge in [-0.3, -0.25) is 0 Å². The van der Waals surface area contributed by atoms with Crippen LogP contribution in [-0.2, 0) is 4.74 Å². The number of aromatic nitrogens is 1. The van der Waals surface area contributed by atoms with E-state index < -0.39 is 0 Å². The summed E-state index contributed by atoms with van der Waals surface area (Å²) in [4.78, 5) is 4.30. The first-order valence-electron chi connectivity index (χ1n) is 5.46. The third-order valence-corrected chi connectivity index (χ3v) is 2.06. The van der Waals surface area contributed by atoms with E-state index in [4.69, 9.17) is 10.00 Å². The Balaban J connectivity index is 2.42. The Kier molecular flexibility index (Phi) is 5.30. The number of aryl methyl sites for hydroxylation is 1. The maximum Gasteiger partial charge on any atom is 0.127 e. The van der Waals surface area contributed by atoms with Gasteiger partial charge in [-0.2, -0.15) is 5.26 Å². The molecule has 0 radical (unpaired) electrons. The summed E-state index contributed by atoms with van der Waals surface area (Å²) in [5.74, 6) is 0.757. The van der Waals surface area contributed by atoms with Crippen LogP contribution in [0.1, 0.15) is 24.6 Å². The van der Waals surface area contributed by atoms with Gasteiger partial charge >= 0.3 is 0 Å². The first-order chi connectivity index (χ1) is 7.76. The number of pyridine rings is 1. The van der Waals surface area contributed by atoms with Gasteiger partial charge in [0.1, 0.15) is 5.82 Å². The predicted molar refractivity (Wildman–Crippen MR) is 63.3 cm³/mol. The van der Waals surface area contributed by atoms with E-state index >= 15 is 0 Å². The molecular formula is C12H17N3O.